The Balaban J connectivity index is 2.55. The molecule has 0 aromatic heterocycles. The SMILES string of the molecule is CCOC(=O)C1=C(C)NC(=O)N(C(=O)CC(=O)OC)C1c1ccccc1. The molecule has 1 heterocycles. The van der Waals surface area contributed by atoms with Crippen molar-refractivity contribution in [2.75, 3.05) is 13.7 Å². The number of hydrogen-bond acceptors (Lipinski definition) is 6. The standard InChI is InChI=1S/C18H20N2O6/c1-4-26-17(23)15-11(2)19-18(24)20(13(21)10-14(22)25-3)16(15)12-8-6-5-7-9-12/h5-9,16H,4,10H2,1-3H3,(H,19,24). The van der Waals surface area contributed by atoms with Gasteiger partial charge in [-0.05, 0) is 19.4 Å². The second-order valence-corrected chi connectivity index (χ2v) is 5.52. The predicted molar refractivity (Wildman–Crippen MR) is 90.5 cm³/mol. The van der Waals surface area contributed by atoms with Crippen LogP contribution in [0, 0.1) is 0 Å². The molecule has 0 saturated heterocycles. The molecule has 1 atom stereocenters. The van der Waals surface area contributed by atoms with E-state index >= 15 is 0 Å². The minimum atomic E-state index is -0.999. The fourth-order valence-electron chi connectivity index (χ4n) is 2.70. The van der Waals surface area contributed by atoms with Crippen LogP contribution in [0.5, 0.6) is 0 Å². The third kappa shape index (κ3) is 3.90. The lowest BCUT2D eigenvalue weighted by Crippen LogP contribution is -2.51. The number of esters is 2. The van der Waals surface area contributed by atoms with Crippen molar-refractivity contribution in [2.45, 2.75) is 26.3 Å². The average molecular weight is 360 g/mol. The van der Waals surface area contributed by atoms with Gasteiger partial charge in [0.15, 0.2) is 0 Å². The lowest BCUT2D eigenvalue weighted by molar-refractivity contribution is -0.146. The van der Waals surface area contributed by atoms with E-state index in [0.29, 0.717) is 11.3 Å². The molecule has 8 nitrogen and oxygen atoms in total. The van der Waals surface area contributed by atoms with Crippen molar-refractivity contribution >= 4 is 23.9 Å². The van der Waals surface area contributed by atoms with Gasteiger partial charge in [-0.2, -0.15) is 0 Å². The molecule has 1 aromatic rings. The first-order valence-electron chi connectivity index (χ1n) is 8.03. The highest BCUT2D eigenvalue weighted by atomic mass is 16.5. The predicted octanol–water partition coefficient (Wildman–Crippen LogP) is 1.68. The van der Waals surface area contributed by atoms with Crippen LogP contribution in [0.25, 0.3) is 0 Å². The Kier molecular flexibility index (Phi) is 6.11. The number of ether oxygens (including phenoxy) is 2. The molecule has 26 heavy (non-hydrogen) atoms. The van der Waals surface area contributed by atoms with Crippen LogP contribution in [0.1, 0.15) is 31.9 Å². The zero-order chi connectivity index (χ0) is 19.3. The quantitative estimate of drug-likeness (QED) is 0.633. The number of rotatable bonds is 5. The number of carbonyl (C=O) groups excluding carboxylic acids is 4. The molecule has 0 fully saturated rings. The van der Waals surface area contributed by atoms with Gasteiger partial charge in [-0.1, -0.05) is 30.3 Å². The largest absolute Gasteiger partial charge is 0.469 e. The van der Waals surface area contributed by atoms with Crippen molar-refractivity contribution in [2.24, 2.45) is 0 Å². The monoisotopic (exact) mass is 360 g/mol. The second-order valence-electron chi connectivity index (χ2n) is 5.52. The molecule has 0 aliphatic carbocycles. The van der Waals surface area contributed by atoms with E-state index in [1.165, 1.54) is 0 Å². The first kappa shape index (κ1) is 19.2. The molecule has 1 aliphatic rings. The van der Waals surface area contributed by atoms with Gasteiger partial charge in [-0.25, -0.2) is 9.59 Å². The molecule has 0 radical (unpaired) electrons. The van der Waals surface area contributed by atoms with Crippen LogP contribution in [-0.2, 0) is 23.9 Å². The van der Waals surface area contributed by atoms with E-state index in [2.05, 4.69) is 10.1 Å². The Morgan fingerprint density at radius 3 is 2.42 bits per heavy atom. The molecule has 0 saturated carbocycles. The molecule has 1 aromatic carbocycles. The van der Waals surface area contributed by atoms with Crippen molar-refractivity contribution in [3.8, 4) is 0 Å². The summed E-state index contributed by atoms with van der Waals surface area (Å²) in [5.74, 6) is -2.20. The zero-order valence-corrected chi connectivity index (χ0v) is 14.8. The van der Waals surface area contributed by atoms with Crippen LogP contribution < -0.4 is 5.32 Å². The van der Waals surface area contributed by atoms with E-state index in [4.69, 9.17) is 4.74 Å². The summed E-state index contributed by atoms with van der Waals surface area (Å²) in [6.45, 7) is 3.36. The molecular formula is C18H20N2O6. The summed E-state index contributed by atoms with van der Waals surface area (Å²) in [4.78, 5) is 49.9. The summed E-state index contributed by atoms with van der Waals surface area (Å²) >= 11 is 0. The maximum absolute atomic E-state index is 12.6. The van der Waals surface area contributed by atoms with Crippen molar-refractivity contribution < 1.29 is 28.7 Å². The smallest absolute Gasteiger partial charge is 0.338 e. The Labute approximate surface area is 150 Å². The third-order valence-electron chi connectivity index (χ3n) is 3.85. The lowest BCUT2D eigenvalue weighted by atomic mass is 9.93. The van der Waals surface area contributed by atoms with Gasteiger partial charge < -0.3 is 14.8 Å². The number of hydrogen-bond donors (Lipinski definition) is 1. The van der Waals surface area contributed by atoms with E-state index < -0.39 is 36.3 Å². The van der Waals surface area contributed by atoms with Gasteiger partial charge in [0.1, 0.15) is 12.5 Å². The van der Waals surface area contributed by atoms with Gasteiger partial charge in [0.25, 0.3) is 0 Å². The van der Waals surface area contributed by atoms with Crippen molar-refractivity contribution in [3.05, 3.63) is 47.2 Å². The molecule has 138 valence electrons. The molecule has 1 unspecified atom stereocenters. The van der Waals surface area contributed by atoms with E-state index in [9.17, 15) is 19.2 Å². The highest BCUT2D eigenvalue weighted by molar-refractivity contribution is 6.06. The topological polar surface area (TPSA) is 102 Å². The molecule has 8 heteroatoms. The maximum atomic E-state index is 12.6. The van der Waals surface area contributed by atoms with Gasteiger partial charge in [-0.3, -0.25) is 14.5 Å². The van der Waals surface area contributed by atoms with Gasteiger partial charge in [0.05, 0.1) is 19.3 Å². The molecule has 2 rings (SSSR count). The van der Waals surface area contributed by atoms with Crippen LogP contribution in [0.4, 0.5) is 4.79 Å². The number of urea groups is 1. The molecule has 1 aliphatic heterocycles. The maximum Gasteiger partial charge on any atom is 0.338 e. The first-order valence-corrected chi connectivity index (χ1v) is 8.03. The Bertz CT molecular complexity index is 756. The van der Waals surface area contributed by atoms with Gasteiger partial charge in [-0.15, -0.1) is 0 Å². The van der Waals surface area contributed by atoms with Crippen molar-refractivity contribution in [1.29, 1.82) is 0 Å². The fourth-order valence-corrected chi connectivity index (χ4v) is 2.70. The van der Waals surface area contributed by atoms with Crippen LogP contribution in [0.2, 0.25) is 0 Å². The summed E-state index contributed by atoms with van der Waals surface area (Å²) < 4.78 is 9.59. The normalized spacial score (nSPS) is 16.8. The molecule has 3 amide bonds. The van der Waals surface area contributed by atoms with Gasteiger partial charge in [0, 0.05) is 5.70 Å². The molecule has 0 bridgehead atoms. The highest BCUT2D eigenvalue weighted by Gasteiger charge is 2.42. The van der Waals surface area contributed by atoms with Crippen LogP contribution in [0.15, 0.2) is 41.6 Å². The Morgan fingerprint density at radius 2 is 1.85 bits per heavy atom. The summed E-state index contributed by atoms with van der Waals surface area (Å²) in [5, 5.41) is 2.48. The van der Waals surface area contributed by atoms with Crippen molar-refractivity contribution in [1.82, 2.24) is 10.2 Å². The third-order valence-corrected chi connectivity index (χ3v) is 3.85. The van der Waals surface area contributed by atoms with Crippen LogP contribution in [0.3, 0.4) is 0 Å². The molecular weight excluding hydrogens is 340 g/mol. The van der Waals surface area contributed by atoms with E-state index in [1.807, 2.05) is 0 Å². The van der Waals surface area contributed by atoms with E-state index in [1.54, 1.807) is 44.2 Å². The number of nitrogens with zero attached hydrogens (tertiary/aromatic N) is 1. The minimum absolute atomic E-state index is 0.135. The van der Waals surface area contributed by atoms with Crippen LogP contribution >= 0.6 is 0 Å². The van der Waals surface area contributed by atoms with Crippen molar-refractivity contribution in [3.63, 3.8) is 0 Å². The summed E-state index contributed by atoms with van der Waals surface area (Å²) in [6, 6.07) is 6.88. The van der Waals surface area contributed by atoms with E-state index in [-0.39, 0.29) is 12.2 Å². The molecule has 0 spiro atoms. The van der Waals surface area contributed by atoms with Gasteiger partial charge >= 0.3 is 18.0 Å². The number of methoxy groups -OCH3 is 1. The highest BCUT2D eigenvalue weighted by Crippen LogP contribution is 2.34. The summed E-state index contributed by atoms with van der Waals surface area (Å²) in [7, 11) is 1.15. The fraction of sp³-hybridized carbons (Fsp3) is 0.333. The number of benzene rings is 1. The lowest BCUT2D eigenvalue weighted by Gasteiger charge is -2.36. The van der Waals surface area contributed by atoms with Gasteiger partial charge in [0.2, 0.25) is 5.91 Å². The summed E-state index contributed by atoms with van der Waals surface area (Å²) in [6.07, 6.45) is -0.623. The molecule has 1 N–H and O–H groups in total. The average Bonchev–Trinajstić information content (AvgIpc) is 2.61. The number of imide groups is 1. The van der Waals surface area contributed by atoms with Crippen LogP contribution in [-0.4, -0.2) is 42.5 Å². The minimum Gasteiger partial charge on any atom is -0.469 e. The summed E-state index contributed by atoms with van der Waals surface area (Å²) in [5.41, 5.74) is 0.975. The zero-order valence-electron chi connectivity index (χ0n) is 14.8. The number of allylic oxidation sites excluding steroid dienone is 1. The number of nitrogens with one attached hydrogen (secondary N) is 1. The van der Waals surface area contributed by atoms with E-state index in [0.717, 1.165) is 12.0 Å². The Hall–Kier alpha value is -3.16. The number of carbonyl (C=O) groups is 4. The Morgan fingerprint density at radius 1 is 1.19 bits per heavy atom. The first-order chi connectivity index (χ1) is 12.4. The number of amides is 3. The second kappa shape index (κ2) is 8.28.